The third-order valence-electron chi connectivity index (χ3n) is 5.24. The summed E-state index contributed by atoms with van der Waals surface area (Å²) in [5, 5.41) is 16.1. The Morgan fingerprint density at radius 2 is 1.87 bits per heavy atom. The third-order valence-corrected chi connectivity index (χ3v) is 5.24. The van der Waals surface area contributed by atoms with Crippen LogP contribution in [0.5, 0.6) is 0 Å². The number of nitrogens with one attached hydrogen (secondary N) is 2. The Morgan fingerprint density at radius 1 is 1.20 bits per heavy atom. The van der Waals surface area contributed by atoms with Gasteiger partial charge in [0.25, 0.3) is 0 Å². The van der Waals surface area contributed by atoms with E-state index in [1.54, 1.807) is 0 Å². The van der Waals surface area contributed by atoms with Gasteiger partial charge >= 0.3 is 12.0 Å². The molecule has 1 aromatic carbocycles. The average Bonchev–Trinajstić information content (AvgIpc) is 3.10. The topological polar surface area (TPSA) is 81.7 Å². The Morgan fingerprint density at radius 3 is 2.40 bits per heavy atom. The van der Waals surface area contributed by atoms with Crippen molar-refractivity contribution in [3.63, 3.8) is 0 Å². The third kappa shape index (κ3) is 7.98. The Labute approximate surface area is 181 Å². The molecule has 6 nitrogen and oxygen atoms in total. The molecule has 168 valence electrons. The Kier molecular flexibility index (Phi) is 7.92. The largest absolute Gasteiger partial charge is 0.481 e. The van der Waals surface area contributed by atoms with Crippen LogP contribution in [0.15, 0.2) is 24.3 Å². The zero-order valence-electron chi connectivity index (χ0n) is 19.4. The van der Waals surface area contributed by atoms with E-state index in [0.717, 1.165) is 30.6 Å². The molecule has 1 fully saturated rings. The summed E-state index contributed by atoms with van der Waals surface area (Å²) in [6, 6.07) is 7.94. The lowest BCUT2D eigenvalue weighted by Crippen LogP contribution is -2.50. The molecule has 2 atom stereocenters. The molecule has 0 aliphatic carbocycles. The number of carbonyl (C=O) groups excluding carboxylic acids is 1. The first kappa shape index (κ1) is 24.2. The van der Waals surface area contributed by atoms with Gasteiger partial charge in [-0.15, -0.1) is 0 Å². The van der Waals surface area contributed by atoms with Crippen LogP contribution in [0.3, 0.4) is 0 Å². The highest BCUT2D eigenvalue weighted by atomic mass is 16.4. The van der Waals surface area contributed by atoms with E-state index in [4.69, 9.17) is 0 Å². The van der Waals surface area contributed by atoms with E-state index in [-0.39, 0.29) is 28.8 Å². The van der Waals surface area contributed by atoms with Crippen molar-refractivity contribution in [2.75, 3.05) is 19.6 Å². The molecule has 2 amide bonds. The molecular formula is C24H39N3O3. The second kappa shape index (κ2) is 9.82. The lowest BCUT2D eigenvalue weighted by molar-refractivity contribution is -0.143. The standard InChI is InChI=1S/C24H39N3O3/c1-23(2,3)16-27(22(30)26-24(4,5)6)15-18-9-7-8-17(12-18)13-20(21(28)29)19-10-11-25-14-19/h7-9,12,19-20,25H,10-11,13-16H2,1-6H3,(H,26,30)(H,28,29). The van der Waals surface area contributed by atoms with Gasteiger partial charge in [0, 0.05) is 18.6 Å². The predicted molar refractivity (Wildman–Crippen MR) is 120 cm³/mol. The molecule has 3 N–H and O–H groups in total. The van der Waals surface area contributed by atoms with Gasteiger partial charge in [-0.1, -0.05) is 45.0 Å². The van der Waals surface area contributed by atoms with E-state index in [2.05, 4.69) is 37.5 Å². The first-order valence-corrected chi connectivity index (χ1v) is 10.9. The van der Waals surface area contributed by atoms with Gasteiger partial charge in [-0.3, -0.25) is 4.79 Å². The number of hydrogen-bond donors (Lipinski definition) is 3. The van der Waals surface area contributed by atoms with E-state index in [1.807, 2.05) is 43.9 Å². The van der Waals surface area contributed by atoms with E-state index < -0.39 is 5.97 Å². The van der Waals surface area contributed by atoms with Gasteiger partial charge in [0.05, 0.1) is 5.92 Å². The van der Waals surface area contributed by atoms with E-state index in [9.17, 15) is 14.7 Å². The molecule has 1 aromatic rings. The summed E-state index contributed by atoms with van der Waals surface area (Å²) >= 11 is 0. The Hall–Kier alpha value is -2.08. The van der Waals surface area contributed by atoms with Gasteiger partial charge in [0.1, 0.15) is 0 Å². The zero-order chi connectivity index (χ0) is 22.5. The smallest absolute Gasteiger partial charge is 0.318 e. The molecule has 1 saturated heterocycles. The van der Waals surface area contributed by atoms with Crippen LogP contribution in [0.25, 0.3) is 0 Å². The van der Waals surface area contributed by atoms with Gasteiger partial charge in [0.15, 0.2) is 0 Å². The van der Waals surface area contributed by atoms with Crippen LogP contribution in [0.2, 0.25) is 0 Å². The lowest BCUT2D eigenvalue weighted by atomic mass is 9.86. The summed E-state index contributed by atoms with van der Waals surface area (Å²) in [6.45, 7) is 15.1. The normalized spacial score (nSPS) is 18.1. The monoisotopic (exact) mass is 417 g/mol. The highest BCUT2D eigenvalue weighted by Gasteiger charge is 2.30. The van der Waals surface area contributed by atoms with Crippen LogP contribution in [0, 0.1) is 17.3 Å². The molecule has 6 heteroatoms. The number of hydrogen-bond acceptors (Lipinski definition) is 3. The summed E-state index contributed by atoms with van der Waals surface area (Å²) in [7, 11) is 0. The molecule has 1 aliphatic rings. The molecule has 0 bridgehead atoms. The van der Waals surface area contributed by atoms with Gasteiger partial charge in [-0.2, -0.15) is 0 Å². The minimum absolute atomic E-state index is 0.0310. The fourth-order valence-corrected chi connectivity index (χ4v) is 3.98. The maximum Gasteiger partial charge on any atom is 0.318 e. The first-order valence-electron chi connectivity index (χ1n) is 10.9. The molecule has 0 spiro atoms. The molecule has 1 heterocycles. The number of nitrogens with zero attached hydrogens (tertiary/aromatic N) is 1. The van der Waals surface area contributed by atoms with Gasteiger partial charge < -0.3 is 20.6 Å². The summed E-state index contributed by atoms with van der Waals surface area (Å²) in [5.41, 5.74) is 1.70. The Balaban J connectivity index is 2.16. The fourth-order valence-electron chi connectivity index (χ4n) is 3.98. The van der Waals surface area contributed by atoms with Crippen LogP contribution >= 0.6 is 0 Å². The molecule has 1 aliphatic heterocycles. The number of aliphatic carboxylic acids is 1. The van der Waals surface area contributed by atoms with Gasteiger partial charge in [-0.05, 0) is 69.2 Å². The lowest BCUT2D eigenvalue weighted by Gasteiger charge is -2.33. The van der Waals surface area contributed by atoms with Crippen molar-refractivity contribution in [2.24, 2.45) is 17.3 Å². The summed E-state index contributed by atoms with van der Waals surface area (Å²) in [4.78, 5) is 26.6. The number of benzene rings is 1. The minimum atomic E-state index is -0.729. The predicted octanol–water partition coefficient (Wildman–Crippen LogP) is 3.90. The molecule has 0 aromatic heterocycles. The summed E-state index contributed by atoms with van der Waals surface area (Å²) < 4.78 is 0. The zero-order valence-corrected chi connectivity index (χ0v) is 19.4. The van der Waals surface area contributed by atoms with E-state index in [1.165, 1.54) is 0 Å². The Bertz CT molecular complexity index is 728. The van der Waals surface area contributed by atoms with Gasteiger partial charge in [0.2, 0.25) is 0 Å². The fraction of sp³-hybridized carbons (Fsp3) is 0.667. The molecule has 0 radical (unpaired) electrons. The number of rotatable bonds is 7. The second-order valence-electron chi connectivity index (χ2n) is 10.8. The SMILES string of the molecule is CC(C)(C)CN(Cc1cccc(CC(C(=O)O)C2CCNC2)c1)C(=O)NC(C)(C)C. The molecule has 2 rings (SSSR count). The number of carboxylic acids is 1. The van der Waals surface area contributed by atoms with E-state index in [0.29, 0.717) is 19.5 Å². The quantitative estimate of drug-likeness (QED) is 0.628. The maximum atomic E-state index is 12.9. The number of amides is 2. The van der Waals surface area contributed by atoms with Crippen LogP contribution in [0.1, 0.15) is 59.1 Å². The second-order valence-corrected chi connectivity index (χ2v) is 10.8. The van der Waals surface area contributed by atoms with Crippen molar-refractivity contribution in [3.05, 3.63) is 35.4 Å². The summed E-state index contributed by atoms with van der Waals surface area (Å²) in [6.07, 6.45) is 1.42. The number of carboxylic acid groups (broad SMARTS) is 1. The number of carbonyl (C=O) groups is 2. The average molecular weight is 418 g/mol. The van der Waals surface area contributed by atoms with Crippen LogP contribution in [-0.4, -0.2) is 47.2 Å². The number of urea groups is 1. The van der Waals surface area contributed by atoms with Crippen LogP contribution in [0.4, 0.5) is 4.79 Å². The molecule has 2 unspecified atom stereocenters. The van der Waals surface area contributed by atoms with E-state index >= 15 is 0 Å². The first-order chi connectivity index (χ1) is 13.8. The van der Waals surface area contributed by atoms with Crippen LogP contribution < -0.4 is 10.6 Å². The van der Waals surface area contributed by atoms with Crippen molar-refractivity contribution >= 4 is 12.0 Å². The minimum Gasteiger partial charge on any atom is -0.481 e. The molecular weight excluding hydrogens is 378 g/mol. The van der Waals surface area contributed by atoms with Crippen LogP contribution in [-0.2, 0) is 17.8 Å². The highest BCUT2D eigenvalue weighted by Crippen LogP contribution is 2.25. The van der Waals surface area contributed by atoms with Crippen molar-refractivity contribution in [1.82, 2.24) is 15.5 Å². The summed E-state index contributed by atoms with van der Waals surface area (Å²) in [5.74, 6) is -0.945. The highest BCUT2D eigenvalue weighted by molar-refractivity contribution is 5.75. The van der Waals surface area contributed by atoms with Crippen molar-refractivity contribution in [1.29, 1.82) is 0 Å². The maximum absolute atomic E-state index is 12.9. The van der Waals surface area contributed by atoms with Crippen molar-refractivity contribution in [3.8, 4) is 0 Å². The van der Waals surface area contributed by atoms with Gasteiger partial charge in [-0.25, -0.2) is 4.79 Å². The van der Waals surface area contributed by atoms with Crippen molar-refractivity contribution < 1.29 is 14.7 Å². The molecule has 30 heavy (non-hydrogen) atoms. The molecule has 0 saturated carbocycles. The van der Waals surface area contributed by atoms with Crippen molar-refractivity contribution in [2.45, 2.75) is 66.5 Å².